The second-order valence-corrected chi connectivity index (χ2v) is 11.7. The third-order valence-electron chi connectivity index (χ3n) is 6.01. The van der Waals surface area contributed by atoms with Crippen LogP contribution < -0.4 is 14.8 Å². The Bertz CT molecular complexity index is 1260. The van der Waals surface area contributed by atoms with Crippen LogP contribution in [0.4, 0.5) is 5.00 Å². The van der Waals surface area contributed by atoms with Gasteiger partial charge in [-0.05, 0) is 43.9 Å². The van der Waals surface area contributed by atoms with Crippen LogP contribution >= 0.6 is 11.3 Å². The lowest BCUT2D eigenvalue weighted by molar-refractivity contribution is -0.116. The molecule has 4 rings (SSSR count). The highest BCUT2D eigenvalue weighted by Crippen LogP contribution is 2.42. The van der Waals surface area contributed by atoms with Gasteiger partial charge in [-0.15, -0.1) is 11.3 Å². The van der Waals surface area contributed by atoms with Gasteiger partial charge in [0.05, 0.1) is 41.9 Å². The van der Waals surface area contributed by atoms with Crippen LogP contribution in [0.2, 0.25) is 0 Å². The van der Waals surface area contributed by atoms with E-state index in [9.17, 15) is 22.8 Å². The molecule has 1 fully saturated rings. The van der Waals surface area contributed by atoms with Crippen LogP contribution in [0.15, 0.2) is 23.6 Å². The molecule has 0 spiro atoms. The van der Waals surface area contributed by atoms with Crippen molar-refractivity contribution >= 4 is 43.9 Å². The van der Waals surface area contributed by atoms with E-state index in [1.54, 1.807) is 25.1 Å². The Hall–Kier alpha value is -2.92. The van der Waals surface area contributed by atoms with E-state index in [1.807, 2.05) is 6.92 Å². The SMILES string of the molecule is CCCC(=O)Nc1scc2c1C(=O)N([C@H](CS(=O)(=O)C1CC1)c1ccc(OC)c(OCC)c1)C2=O. The lowest BCUT2D eigenvalue weighted by Gasteiger charge is -2.27. The lowest BCUT2D eigenvalue weighted by atomic mass is 10.1. The van der Waals surface area contributed by atoms with Gasteiger partial charge in [0.2, 0.25) is 5.91 Å². The van der Waals surface area contributed by atoms with E-state index in [0.29, 0.717) is 47.9 Å². The molecule has 1 saturated carbocycles. The van der Waals surface area contributed by atoms with Gasteiger partial charge in [0, 0.05) is 11.8 Å². The molecule has 2 aliphatic rings. The van der Waals surface area contributed by atoms with Crippen molar-refractivity contribution in [2.75, 3.05) is 24.8 Å². The van der Waals surface area contributed by atoms with Crippen molar-refractivity contribution in [2.45, 2.75) is 50.8 Å². The van der Waals surface area contributed by atoms with Gasteiger partial charge in [-0.25, -0.2) is 8.42 Å². The van der Waals surface area contributed by atoms with Gasteiger partial charge < -0.3 is 14.8 Å². The number of carbonyl (C=O) groups excluding carboxylic acids is 3. The Morgan fingerprint density at radius 3 is 2.57 bits per heavy atom. The summed E-state index contributed by atoms with van der Waals surface area (Å²) in [5.74, 6) is -0.997. The van der Waals surface area contributed by atoms with Crippen LogP contribution in [0, 0.1) is 0 Å². The smallest absolute Gasteiger partial charge is 0.265 e. The standard InChI is InChI=1S/C24H28N2O7S2/c1-4-6-20(27)25-22-21-16(12-34-22)23(28)26(24(21)29)17(13-35(30,31)15-8-9-15)14-7-10-18(32-3)19(11-14)33-5-2/h7,10-12,15,17H,4-6,8-9,13H2,1-3H3,(H,25,27)/t17-/m1/s1. The first kappa shape index (κ1) is 25.2. The van der Waals surface area contributed by atoms with Gasteiger partial charge >= 0.3 is 0 Å². The van der Waals surface area contributed by atoms with Gasteiger partial charge in [0.15, 0.2) is 21.3 Å². The summed E-state index contributed by atoms with van der Waals surface area (Å²) in [5, 5.41) is 4.09. The van der Waals surface area contributed by atoms with Crippen molar-refractivity contribution in [3.8, 4) is 11.5 Å². The Balaban J connectivity index is 1.74. The fourth-order valence-electron chi connectivity index (χ4n) is 4.13. The highest BCUT2D eigenvalue weighted by atomic mass is 32.2. The van der Waals surface area contributed by atoms with Crippen molar-refractivity contribution in [2.24, 2.45) is 0 Å². The third kappa shape index (κ3) is 4.92. The Labute approximate surface area is 208 Å². The maximum absolute atomic E-state index is 13.6. The predicted molar refractivity (Wildman–Crippen MR) is 132 cm³/mol. The first-order valence-electron chi connectivity index (χ1n) is 11.5. The van der Waals surface area contributed by atoms with Gasteiger partial charge in [-0.3, -0.25) is 19.3 Å². The van der Waals surface area contributed by atoms with Gasteiger partial charge in [0.25, 0.3) is 11.8 Å². The van der Waals surface area contributed by atoms with E-state index in [1.165, 1.54) is 12.5 Å². The van der Waals surface area contributed by atoms with Crippen molar-refractivity contribution in [3.63, 3.8) is 0 Å². The molecule has 1 aliphatic carbocycles. The minimum atomic E-state index is -3.55. The summed E-state index contributed by atoms with van der Waals surface area (Å²) in [4.78, 5) is 40.1. The predicted octanol–water partition coefficient (Wildman–Crippen LogP) is 3.81. The van der Waals surface area contributed by atoms with E-state index in [0.717, 1.165) is 16.2 Å². The molecule has 188 valence electrons. The van der Waals surface area contributed by atoms with Crippen LogP contribution in [-0.4, -0.2) is 55.8 Å². The summed E-state index contributed by atoms with van der Waals surface area (Å²) in [5.41, 5.74) is 0.724. The molecule has 0 bridgehead atoms. The highest BCUT2D eigenvalue weighted by molar-refractivity contribution is 7.92. The fraction of sp³-hybridized carbons (Fsp3) is 0.458. The molecule has 0 saturated heterocycles. The zero-order valence-corrected chi connectivity index (χ0v) is 21.5. The molecule has 11 heteroatoms. The summed E-state index contributed by atoms with van der Waals surface area (Å²) in [6.45, 7) is 4.02. The Morgan fingerprint density at radius 1 is 1.20 bits per heavy atom. The van der Waals surface area contributed by atoms with Gasteiger partial charge in [0.1, 0.15) is 5.00 Å². The molecule has 1 atom stereocenters. The van der Waals surface area contributed by atoms with E-state index in [4.69, 9.17) is 9.47 Å². The summed E-state index contributed by atoms with van der Waals surface area (Å²) >= 11 is 1.11. The number of methoxy groups -OCH3 is 1. The Morgan fingerprint density at radius 2 is 1.94 bits per heavy atom. The number of nitrogens with zero attached hydrogens (tertiary/aromatic N) is 1. The molecular formula is C24H28N2O7S2. The summed E-state index contributed by atoms with van der Waals surface area (Å²) in [6.07, 6.45) is 2.07. The molecule has 2 heterocycles. The van der Waals surface area contributed by atoms with Crippen LogP contribution in [0.25, 0.3) is 0 Å². The largest absolute Gasteiger partial charge is 0.493 e. The van der Waals surface area contributed by atoms with Crippen molar-refractivity contribution in [1.29, 1.82) is 0 Å². The molecular weight excluding hydrogens is 492 g/mol. The molecule has 1 N–H and O–H groups in total. The molecule has 0 radical (unpaired) electrons. The number of carbonyl (C=O) groups is 3. The average molecular weight is 521 g/mol. The van der Waals surface area contributed by atoms with Crippen molar-refractivity contribution in [1.82, 2.24) is 4.90 Å². The topological polar surface area (TPSA) is 119 Å². The number of anilines is 1. The van der Waals surface area contributed by atoms with E-state index in [-0.39, 0.29) is 23.5 Å². The van der Waals surface area contributed by atoms with Crippen LogP contribution in [-0.2, 0) is 14.6 Å². The number of ether oxygens (including phenoxy) is 2. The molecule has 9 nitrogen and oxygen atoms in total. The first-order valence-corrected chi connectivity index (χ1v) is 14.1. The third-order valence-corrected chi connectivity index (χ3v) is 9.17. The summed E-state index contributed by atoms with van der Waals surface area (Å²) < 4.78 is 37.0. The maximum atomic E-state index is 13.6. The van der Waals surface area contributed by atoms with E-state index >= 15 is 0 Å². The lowest BCUT2D eigenvalue weighted by Crippen LogP contribution is -2.38. The van der Waals surface area contributed by atoms with Gasteiger partial charge in [-0.2, -0.15) is 0 Å². The average Bonchev–Trinajstić information content (AvgIpc) is 3.56. The van der Waals surface area contributed by atoms with E-state index in [2.05, 4.69) is 5.32 Å². The highest BCUT2D eigenvalue weighted by Gasteiger charge is 2.47. The minimum absolute atomic E-state index is 0.108. The maximum Gasteiger partial charge on any atom is 0.265 e. The number of fused-ring (bicyclic) bond motifs is 1. The number of hydrogen-bond acceptors (Lipinski definition) is 8. The molecule has 35 heavy (non-hydrogen) atoms. The number of benzene rings is 1. The van der Waals surface area contributed by atoms with Gasteiger partial charge in [-0.1, -0.05) is 13.0 Å². The number of nitrogens with one attached hydrogen (secondary N) is 1. The number of amides is 3. The number of hydrogen-bond donors (Lipinski definition) is 1. The zero-order valence-electron chi connectivity index (χ0n) is 19.8. The summed E-state index contributed by atoms with van der Waals surface area (Å²) in [7, 11) is -2.06. The molecule has 0 unspecified atom stereocenters. The molecule has 1 aromatic heterocycles. The second kappa shape index (κ2) is 9.98. The van der Waals surface area contributed by atoms with Crippen molar-refractivity contribution < 1.29 is 32.3 Å². The minimum Gasteiger partial charge on any atom is -0.493 e. The van der Waals surface area contributed by atoms with E-state index < -0.39 is 38.7 Å². The molecule has 2 aromatic rings. The molecule has 1 aliphatic heterocycles. The number of imide groups is 1. The number of rotatable bonds is 11. The van der Waals surface area contributed by atoms with Crippen molar-refractivity contribution in [3.05, 3.63) is 40.3 Å². The van der Waals surface area contributed by atoms with Crippen LogP contribution in [0.1, 0.15) is 71.9 Å². The molecule has 3 amide bonds. The monoisotopic (exact) mass is 520 g/mol. The number of thiophene rings is 1. The quantitative estimate of drug-likeness (QED) is 0.448. The number of sulfone groups is 1. The Kier molecular flexibility index (Phi) is 7.18. The molecule has 1 aromatic carbocycles. The van der Waals surface area contributed by atoms with Crippen LogP contribution in [0.3, 0.4) is 0 Å². The normalized spacial score (nSPS) is 16.3. The zero-order chi connectivity index (χ0) is 25.3. The fourth-order valence-corrected chi connectivity index (χ4v) is 6.98. The van der Waals surface area contributed by atoms with Crippen LogP contribution in [0.5, 0.6) is 11.5 Å². The first-order chi connectivity index (χ1) is 16.7. The second-order valence-electron chi connectivity index (χ2n) is 8.52. The summed E-state index contributed by atoms with van der Waals surface area (Å²) in [6, 6.07) is 3.84.